The Bertz CT molecular complexity index is 1230. The molecule has 0 amide bonds. The van der Waals surface area contributed by atoms with Crippen molar-refractivity contribution in [2.24, 2.45) is 0 Å². The maximum atomic E-state index is 12.1. The number of hydrogen-bond acceptors (Lipinski definition) is 3. The molecule has 4 aromatic carbocycles. The maximum Gasteiger partial charge on any atom is 0.305 e. The Morgan fingerprint density at radius 2 is 1.43 bits per heavy atom. The molecule has 2 atom stereocenters. The van der Waals surface area contributed by atoms with E-state index in [2.05, 4.69) is 42.2 Å². The largest absolute Gasteiger partial charge is 0.496 e. The van der Waals surface area contributed by atoms with Gasteiger partial charge in [-0.05, 0) is 41.3 Å². The molecule has 0 heterocycles. The molecule has 0 aromatic heterocycles. The minimum Gasteiger partial charge on any atom is -0.496 e. The van der Waals surface area contributed by atoms with Gasteiger partial charge in [-0.3, -0.25) is 9.69 Å². The fraction of sp³-hybridized carbons (Fsp3) is 0.194. The molecule has 0 unspecified atom stereocenters. The summed E-state index contributed by atoms with van der Waals surface area (Å²) < 4.78 is 5.66. The van der Waals surface area contributed by atoms with Crippen LogP contribution in [0, 0.1) is 0 Å². The van der Waals surface area contributed by atoms with E-state index >= 15 is 0 Å². The van der Waals surface area contributed by atoms with Crippen LogP contribution < -0.4 is 4.74 Å². The van der Waals surface area contributed by atoms with Gasteiger partial charge in [0.1, 0.15) is 5.75 Å². The Labute approximate surface area is 207 Å². The molecule has 0 spiro atoms. The summed E-state index contributed by atoms with van der Waals surface area (Å²) in [6.45, 7) is 2.77. The molecule has 0 saturated carbocycles. The molecule has 0 bridgehead atoms. The van der Waals surface area contributed by atoms with E-state index in [1.54, 1.807) is 7.11 Å². The first-order chi connectivity index (χ1) is 17.1. The van der Waals surface area contributed by atoms with E-state index in [0.29, 0.717) is 6.54 Å². The van der Waals surface area contributed by atoms with Gasteiger partial charge >= 0.3 is 5.97 Å². The van der Waals surface area contributed by atoms with Crippen LogP contribution in [0.25, 0.3) is 11.1 Å². The van der Waals surface area contributed by atoms with Gasteiger partial charge in [-0.15, -0.1) is 0 Å². The molecule has 0 aliphatic rings. The Hall–Kier alpha value is -3.89. The van der Waals surface area contributed by atoms with E-state index in [4.69, 9.17) is 4.74 Å². The third-order valence-electron chi connectivity index (χ3n) is 6.45. The van der Waals surface area contributed by atoms with Gasteiger partial charge < -0.3 is 9.84 Å². The molecular formula is C31H31NO3. The van der Waals surface area contributed by atoms with Crippen molar-refractivity contribution < 1.29 is 14.6 Å². The first-order valence-electron chi connectivity index (χ1n) is 11.9. The van der Waals surface area contributed by atoms with Crippen molar-refractivity contribution in [2.75, 3.05) is 7.11 Å². The number of benzene rings is 4. The number of methoxy groups -OCH3 is 1. The van der Waals surface area contributed by atoms with E-state index in [1.807, 2.05) is 78.9 Å². The zero-order chi connectivity index (χ0) is 24.6. The molecule has 0 fully saturated rings. The second-order valence-corrected chi connectivity index (χ2v) is 8.68. The summed E-state index contributed by atoms with van der Waals surface area (Å²) in [5.41, 5.74) is 5.22. The van der Waals surface area contributed by atoms with E-state index in [0.717, 1.165) is 33.6 Å². The monoisotopic (exact) mass is 465 g/mol. The third-order valence-corrected chi connectivity index (χ3v) is 6.45. The molecule has 1 N–H and O–H groups in total. The lowest BCUT2D eigenvalue weighted by Gasteiger charge is -2.37. The number of ether oxygens (including phenoxy) is 1. The molecule has 0 saturated heterocycles. The number of hydrogen-bond donors (Lipinski definition) is 1. The molecule has 35 heavy (non-hydrogen) atoms. The molecular weight excluding hydrogens is 434 g/mol. The van der Waals surface area contributed by atoms with Gasteiger partial charge in [0, 0.05) is 24.2 Å². The van der Waals surface area contributed by atoms with Crippen molar-refractivity contribution >= 4 is 5.97 Å². The highest BCUT2D eigenvalue weighted by atomic mass is 16.5. The lowest BCUT2D eigenvalue weighted by molar-refractivity contribution is -0.138. The quantitative estimate of drug-likeness (QED) is 0.270. The number of carbonyl (C=O) groups is 1. The fourth-order valence-corrected chi connectivity index (χ4v) is 4.60. The number of nitrogens with zero attached hydrogens (tertiary/aromatic N) is 1. The van der Waals surface area contributed by atoms with Crippen LogP contribution in [0.4, 0.5) is 0 Å². The highest BCUT2D eigenvalue weighted by Gasteiger charge is 2.29. The standard InChI is InChI=1S/C31H31NO3/c1-23(25-14-8-4-9-15-25)32(22-24-12-6-3-7-13-24)29(21-31(33)34)27-18-19-30(35-2)28(20-27)26-16-10-5-11-17-26/h3-20,23,29H,21-22H2,1-2H3,(H,33,34)/t23-,29+/m1/s1. The van der Waals surface area contributed by atoms with E-state index < -0.39 is 5.97 Å². The maximum absolute atomic E-state index is 12.1. The zero-order valence-electron chi connectivity index (χ0n) is 20.2. The predicted molar refractivity (Wildman–Crippen MR) is 140 cm³/mol. The molecule has 0 radical (unpaired) electrons. The van der Waals surface area contributed by atoms with Crippen LogP contribution in [0.5, 0.6) is 5.75 Å². The molecule has 4 nitrogen and oxygen atoms in total. The van der Waals surface area contributed by atoms with E-state index in [-0.39, 0.29) is 18.5 Å². The van der Waals surface area contributed by atoms with Crippen molar-refractivity contribution in [3.63, 3.8) is 0 Å². The van der Waals surface area contributed by atoms with Gasteiger partial charge in [0.05, 0.1) is 13.5 Å². The van der Waals surface area contributed by atoms with Crippen LogP contribution in [0.1, 0.15) is 42.1 Å². The third kappa shape index (κ3) is 5.97. The van der Waals surface area contributed by atoms with Crippen molar-refractivity contribution in [3.05, 3.63) is 126 Å². The summed E-state index contributed by atoms with van der Waals surface area (Å²) in [6, 6.07) is 36.2. The van der Waals surface area contributed by atoms with Crippen molar-refractivity contribution in [2.45, 2.75) is 32.0 Å². The average molecular weight is 466 g/mol. The number of carboxylic acid groups (broad SMARTS) is 1. The summed E-state index contributed by atoms with van der Waals surface area (Å²) in [4.78, 5) is 14.4. The van der Waals surface area contributed by atoms with E-state index in [9.17, 15) is 9.90 Å². The van der Waals surface area contributed by atoms with Gasteiger partial charge in [-0.1, -0.05) is 97.1 Å². The zero-order valence-corrected chi connectivity index (χ0v) is 20.2. The lowest BCUT2D eigenvalue weighted by atomic mass is 9.93. The van der Waals surface area contributed by atoms with Gasteiger partial charge in [0.15, 0.2) is 0 Å². The highest BCUT2D eigenvalue weighted by molar-refractivity contribution is 5.72. The summed E-state index contributed by atoms with van der Waals surface area (Å²) >= 11 is 0. The smallest absolute Gasteiger partial charge is 0.305 e. The minimum atomic E-state index is -0.828. The summed E-state index contributed by atoms with van der Waals surface area (Å²) in [6.07, 6.45) is -0.00936. The first-order valence-corrected chi connectivity index (χ1v) is 11.9. The Morgan fingerprint density at radius 3 is 2.03 bits per heavy atom. The SMILES string of the molecule is COc1ccc([C@H](CC(=O)O)N(Cc2ccccc2)[C@H](C)c2ccccc2)cc1-c1ccccc1. The second kappa shape index (κ2) is 11.5. The van der Waals surface area contributed by atoms with Crippen molar-refractivity contribution in [1.82, 2.24) is 4.90 Å². The number of carboxylic acids is 1. The molecule has 4 heteroatoms. The average Bonchev–Trinajstić information content (AvgIpc) is 2.91. The van der Waals surface area contributed by atoms with Crippen LogP contribution in [0.15, 0.2) is 109 Å². The van der Waals surface area contributed by atoms with Gasteiger partial charge in [-0.25, -0.2) is 0 Å². The predicted octanol–water partition coefficient (Wildman–Crippen LogP) is 7.14. The Morgan fingerprint density at radius 1 is 0.829 bits per heavy atom. The summed E-state index contributed by atoms with van der Waals surface area (Å²) in [5, 5.41) is 9.95. The highest BCUT2D eigenvalue weighted by Crippen LogP contribution is 2.38. The van der Waals surface area contributed by atoms with Crippen LogP contribution in [0.2, 0.25) is 0 Å². The van der Waals surface area contributed by atoms with Crippen LogP contribution >= 0.6 is 0 Å². The number of aliphatic carboxylic acids is 1. The molecule has 4 aromatic rings. The van der Waals surface area contributed by atoms with Crippen molar-refractivity contribution in [3.8, 4) is 16.9 Å². The topological polar surface area (TPSA) is 49.8 Å². The summed E-state index contributed by atoms with van der Waals surface area (Å²) in [7, 11) is 1.66. The number of rotatable bonds is 10. The summed E-state index contributed by atoms with van der Waals surface area (Å²) in [5.74, 6) is -0.0647. The van der Waals surface area contributed by atoms with Crippen LogP contribution in [0.3, 0.4) is 0 Å². The second-order valence-electron chi connectivity index (χ2n) is 8.68. The van der Waals surface area contributed by atoms with E-state index in [1.165, 1.54) is 0 Å². The minimum absolute atomic E-state index is 0.00281. The molecule has 0 aliphatic carbocycles. The van der Waals surface area contributed by atoms with Crippen LogP contribution in [-0.4, -0.2) is 23.1 Å². The fourth-order valence-electron chi connectivity index (χ4n) is 4.60. The molecule has 0 aliphatic heterocycles. The molecule has 178 valence electrons. The van der Waals surface area contributed by atoms with Crippen LogP contribution in [-0.2, 0) is 11.3 Å². The van der Waals surface area contributed by atoms with Gasteiger partial charge in [-0.2, -0.15) is 0 Å². The Balaban J connectivity index is 1.82. The lowest BCUT2D eigenvalue weighted by Crippen LogP contribution is -2.32. The van der Waals surface area contributed by atoms with Gasteiger partial charge in [0.25, 0.3) is 0 Å². The molecule has 4 rings (SSSR count). The first kappa shape index (κ1) is 24.2. The normalized spacial score (nSPS) is 12.8. The van der Waals surface area contributed by atoms with Crippen molar-refractivity contribution in [1.29, 1.82) is 0 Å². The Kier molecular flexibility index (Phi) is 7.96. The van der Waals surface area contributed by atoms with Gasteiger partial charge in [0.2, 0.25) is 0 Å².